The molecular weight excluding hydrogens is 464 g/mol. The molecule has 0 saturated carbocycles. The predicted octanol–water partition coefficient (Wildman–Crippen LogP) is 5.36. The topological polar surface area (TPSA) is 67.9 Å². The van der Waals surface area contributed by atoms with Crippen molar-refractivity contribution < 1.29 is 19.1 Å². The van der Waals surface area contributed by atoms with Crippen LogP contribution in [0.2, 0.25) is 0 Å². The number of benzene rings is 3. The first kappa shape index (κ1) is 27.8. The van der Waals surface area contributed by atoms with Crippen molar-refractivity contribution in [1.29, 1.82) is 0 Å². The van der Waals surface area contributed by atoms with Crippen LogP contribution in [0, 0.1) is 0 Å². The summed E-state index contributed by atoms with van der Waals surface area (Å²) in [5, 5.41) is 3.00. The van der Waals surface area contributed by atoms with Gasteiger partial charge in [-0.1, -0.05) is 81.4 Å². The molecule has 6 nitrogen and oxygen atoms in total. The van der Waals surface area contributed by atoms with Gasteiger partial charge in [0.25, 0.3) is 5.91 Å². The van der Waals surface area contributed by atoms with Crippen LogP contribution in [0.3, 0.4) is 0 Å². The lowest BCUT2D eigenvalue weighted by Gasteiger charge is -2.31. The molecule has 0 spiro atoms. The number of carbonyl (C=O) groups is 2. The molecule has 2 amide bonds. The molecule has 3 rings (SSSR count). The van der Waals surface area contributed by atoms with E-state index in [0.29, 0.717) is 24.5 Å². The first-order valence-corrected chi connectivity index (χ1v) is 12.9. The first-order chi connectivity index (χ1) is 17.9. The van der Waals surface area contributed by atoms with Gasteiger partial charge in [-0.05, 0) is 47.2 Å². The van der Waals surface area contributed by atoms with Gasteiger partial charge in [-0.25, -0.2) is 0 Å². The van der Waals surface area contributed by atoms with Crippen molar-refractivity contribution in [3.8, 4) is 11.5 Å². The van der Waals surface area contributed by atoms with Crippen molar-refractivity contribution in [2.45, 2.75) is 52.1 Å². The summed E-state index contributed by atoms with van der Waals surface area (Å²) in [5.74, 6) is 1.20. The van der Waals surface area contributed by atoms with Gasteiger partial charge in [0.15, 0.2) is 6.61 Å². The maximum absolute atomic E-state index is 13.8. The van der Waals surface area contributed by atoms with Crippen LogP contribution < -0.4 is 14.8 Å². The summed E-state index contributed by atoms with van der Waals surface area (Å²) in [4.78, 5) is 28.8. The molecule has 3 aromatic carbocycles. The van der Waals surface area contributed by atoms with Gasteiger partial charge < -0.3 is 19.7 Å². The lowest BCUT2D eigenvalue weighted by atomic mass is 10.0. The van der Waals surface area contributed by atoms with Crippen molar-refractivity contribution in [3.05, 3.63) is 95.6 Å². The highest BCUT2D eigenvalue weighted by Crippen LogP contribution is 2.26. The van der Waals surface area contributed by atoms with E-state index in [0.717, 1.165) is 23.1 Å². The second kappa shape index (κ2) is 14.1. The van der Waals surface area contributed by atoms with Crippen molar-refractivity contribution in [2.75, 3.05) is 20.3 Å². The van der Waals surface area contributed by atoms with Crippen molar-refractivity contribution >= 4 is 11.8 Å². The molecule has 0 bridgehead atoms. The standard InChI is InChI=1S/C31H38N2O4/c1-5-18-32-31(35)28(20-24-12-7-6-8-13-24)33(21-25-14-11-15-26(19-25)36-4)30(34)22-37-29-17-10-9-16-27(29)23(2)3/h6-17,19,23,28H,5,18,20-22H2,1-4H3,(H,32,35). The Morgan fingerprint density at radius 3 is 2.32 bits per heavy atom. The number of nitrogens with zero attached hydrogens (tertiary/aromatic N) is 1. The van der Waals surface area contributed by atoms with Gasteiger partial charge in [0.05, 0.1) is 7.11 Å². The van der Waals surface area contributed by atoms with E-state index >= 15 is 0 Å². The van der Waals surface area contributed by atoms with E-state index in [2.05, 4.69) is 19.2 Å². The number of methoxy groups -OCH3 is 1. The zero-order chi connectivity index (χ0) is 26.6. The molecule has 196 valence electrons. The van der Waals surface area contributed by atoms with E-state index in [1.54, 1.807) is 12.0 Å². The third-order valence-corrected chi connectivity index (χ3v) is 6.20. The Bertz CT molecular complexity index is 1150. The van der Waals surface area contributed by atoms with E-state index in [-0.39, 0.29) is 30.9 Å². The van der Waals surface area contributed by atoms with Gasteiger partial charge in [0.1, 0.15) is 17.5 Å². The first-order valence-electron chi connectivity index (χ1n) is 12.9. The predicted molar refractivity (Wildman–Crippen MR) is 147 cm³/mol. The number of nitrogens with one attached hydrogen (secondary N) is 1. The minimum Gasteiger partial charge on any atom is -0.497 e. The van der Waals surface area contributed by atoms with Gasteiger partial charge in [-0.3, -0.25) is 9.59 Å². The molecule has 1 atom stereocenters. The van der Waals surface area contributed by atoms with E-state index in [4.69, 9.17) is 9.47 Å². The molecule has 1 N–H and O–H groups in total. The molecule has 0 aliphatic rings. The van der Waals surface area contributed by atoms with Crippen LogP contribution in [0.5, 0.6) is 11.5 Å². The van der Waals surface area contributed by atoms with Gasteiger partial charge >= 0.3 is 0 Å². The Kier molecular flexibility index (Phi) is 10.6. The number of para-hydroxylation sites is 1. The van der Waals surface area contributed by atoms with Crippen LogP contribution in [0.4, 0.5) is 0 Å². The largest absolute Gasteiger partial charge is 0.497 e. The zero-order valence-corrected chi connectivity index (χ0v) is 22.3. The second-order valence-corrected chi connectivity index (χ2v) is 9.35. The number of hydrogen-bond acceptors (Lipinski definition) is 4. The average Bonchev–Trinajstić information content (AvgIpc) is 2.93. The Morgan fingerprint density at radius 1 is 0.919 bits per heavy atom. The number of carbonyl (C=O) groups excluding carboxylic acids is 2. The smallest absolute Gasteiger partial charge is 0.261 e. The summed E-state index contributed by atoms with van der Waals surface area (Å²) in [7, 11) is 1.61. The van der Waals surface area contributed by atoms with E-state index in [1.807, 2.05) is 85.8 Å². The highest BCUT2D eigenvalue weighted by molar-refractivity contribution is 5.88. The lowest BCUT2D eigenvalue weighted by Crippen LogP contribution is -2.51. The summed E-state index contributed by atoms with van der Waals surface area (Å²) in [6.45, 7) is 6.82. The zero-order valence-electron chi connectivity index (χ0n) is 22.3. The van der Waals surface area contributed by atoms with Crippen molar-refractivity contribution in [3.63, 3.8) is 0 Å². The van der Waals surface area contributed by atoms with Gasteiger partial charge in [0, 0.05) is 19.5 Å². The SMILES string of the molecule is CCCNC(=O)C(Cc1ccccc1)N(Cc1cccc(OC)c1)C(=O)COc1ccccc1C(C)C. The molecule has 3 aromatic rings. The molecule has 0 fully saturated rings. The Morgan fingerprint density at radius 2 is 1.62 bits per heavy atom. The average molecular weight is 503 g/mol. The normalized spacial score (nSPS) is 11.6. The molecular formula is C31H38N2O4. The summed E-state index contributed by atoms with van der Waals surface area (Å²) in [5.41, 5.74) is 2.89. The van der Waals surface area contributed by atoms with Crippen molar-refractivity contribution in [2.24, 2.45) is 0 Å². The fraction of sp³-hybridized carbons (Fsp3) is 0.355. The third-order valence-electron chi connectivity index (χ3n) is 6.20. The highest BCUT2D eigenvalue weighted by Gasteiger charge is 2.30. The summed E-state index contributed by atoms with van der Waals surface area (Å²) in [6, 6.07) is 24.4. The van der Waals surface area contributed by atoms with Crippen LogP contribution in [0.25, 0.3) is 0 Å². The molecule has 1 unspecified atom stereocenters. The minimum atomic E-state index is -0.698. The van der Waals surface area contributed by atoms with Gasteiger partial charge in [-0.2, -0.15) is 0 Å². The van der Waals surface area contributed by atoms with Gasteiger partial charge in [-0.15, -0.1) is 0 Å². The lowest BCUT2D eigenvalue weighted by molar-refractivity contribution is -0.142. The van der Waals surface area contributed by atoms with Crippen LogP contribution in [-0.4, -0.2) is 43.0 Å². The fourth-order valence-electron chi connectivity index (χ4n) is 4.20. The van der Waals surface area contributed by atoms with Crippen LogP contribution in [0.1, 0.15) is 49.8 Å². The van der Waals surface area contributed by atoms with E-state index in [1.165, 1.54) is 0 Å². The molecule has 0 aromatic heterocycles. The monoisotopic (exact) mass is 502 g/mol. The molecule has 6 heteroatoms. The van der Waals surface area contributed by atoms with E-state index in [9.17, 15) is 9.59 Å². The third kappa shape index (κ3) is 8.10. The number of ether oxygens (including phenoxy) is 2. The number of amides is 2. The molecule has 0 aliphatic carbocycles. The maximum Gasteiger partial charge on any atom is 0.261 e. The second-order valence-electron chi connectivity index (χ2n) is 9.35. The Balaban J connectivity index is 1.93. The quantitative estimate of drug-likeness (QED) is 0.342. The fourth-order valence-corrected chi connectivity index (χ4v) is 4.20. The minimum absolute atomic E-state index is 0.167. The van der Waals surface area contributed by atoms with Crippen LogP contribution in [0.15, 0.2) is 78.9 Å². The Labute approximate surface area is 220 Å². The molecule has 37 heavy (non-hydrogen) atoms. The van der Waals surface area contributed by atoms with E-state index < -0.39 is 6.04 Å². The van der Waals surface area contributed by atoms with Crippen LogP contribution in [-0.2, 0) is 22.6 Å². The van der Waals surface area contributed by atoms with Gasteiger partial charge in [0.2, 0.25) is 5.91 Å². The molecule has 0 radical (unpaired) electrons. The molecule has 0 heterocycles. The summed E-state index contributed by atoms with van der Waals surface area (Å²) >= 11 is 0. The highest BCUT2D eigenvalue weighted by atomic mass is 16.5. The summed E-state index contributed by atoms with van der Waals surface area (Å²) < 4.78 is 11.4. The molecule has 0 aliphatic heterocycles. The van der Waals surface area contributed by atoms with Crippen molar-refractivity contribution in [1.82, 2.24) is 10.2 Å². The number of rotatable bonds is 13. The maximum atomic E-state index is 13.8. The summed E-state index contributed by atoms with van der Waals surface area (Å²) in [6.07, 6.45) is 1.21. The Hall–Kier alpha value is -3.80. The number of hydrogen-bond donors (Lipinski definition) is 1. The molecule has 0 saturated heterocycles. The van der Waals surface area contributed by atoms with Crippen LogP contribution >= 0.6 is 0 Å².